The summed E-state index contributed by atoms with van der Waals surface area (Å²) in [7, 11) is 0. The van der Waals surface area contributed by atoms with Crippen molar-refractivity contribution in [3.05, 3.63) is 99.0 Å². The van der Waals surface area contributed by atoms with E-state index >= 15 is 0 Å². The molecule has 0 aromatic heterocycles. The van der Waals surface area contributed by atoms with Crippen molar-refractivity contribution < 1.29 is 0 Å². The van der Waals surface area contributed by atoms with Crippen LogP contribution in [0, 0.1) is 11.3 Å². The van der Waals surface area contributed by atoms with Gasteiger partial charge in [0.1, 0.15) is 0 Å². The maximum Gasteiger partial charge on any atom is 0.0991 e. The number of anilines is 1. The average molecular weight is 473 g/mol. The Hall–Kier alpha value is -2.22. The first-order chi connectivity index (χ1) is 15.0. The van der Waals surface area contributed by atoms with Gasteiger partial charge in [0.2, 0.25) is 0 Å². The second-order valence-electron chi connectivity index (χ2n) is 7.32. The minimum absolute atomic E-state index is 0.334. The number of rotatable bonds is 3. The van der Waals surface area contributed by atoms with Gasteiger partial charge in [-0.05, 0) is 55.0 Å². The van der Waals surface area contributed by atoms with Crippen LogP contribution in [0.4, 0.5) is 5.69 Å². The first-order valence-electron chi connectivity index (χ1n) is 10.1. The minimum Gasteiger partial charge on any atom is -0.368 e. The van der Waals surface area contributed by atoms with Crippen molar-refractivity contribution in [2.75, 3.05) is 31.1 Å². The standard InChI is InChI=1S/C19H19Cl2N3.C6H5Cl/c1-14(16-4-2-15(13-22)3-5-16)23-8-10-24(11-9-23)19-7-6-17(20)12-18(19)21;7-6-4-2-1-3-5-6/h2-7,12,14H,8-11H2,1H3;1-5H. The highest BCUT2D eigenvalue weighted by molar-refractivity contribution is 6.36. The molecule has 0 amide bonds. The SMILES string of the molecule is CC(c1ccc(C#N)cc1)N1CCN(c2ccc(Cl)cc2Cl)CC1.Clc1ccccc1. The third-order valence-electron chi connectivity index (χ3n) is 5.37. The maximum absolute atomic E-state index is 8.91. The predicted octanol–water partition coefficient (Wildman–Crippen LogP) is 7.09. The zero-order valence-corrected chi connectivity index (χ0v) is 19.6. The van der Waals surface area contributed by atoms with Gasteiger partial charge in [0.15, 0.2) is 0 Å². The Labute approximate surface area is 199 Å². The summed E-state index contributed by atoms with van der Waals surface area (Å²) in [6, 6.07) is 25.5. The molecule has 1 aliphatic heterocycles. The molecular formula is C25H24Cl3N3. The lowest BCUT2D eigenvalue weighted by atomic mass is 10.0. The number of piperazine rings is 1. The molecule has 3 aromatic carbocycles. The number of nitrogens with zero attached hydrogens (tertiary/aromatic N) is 3. The Morgan fingerprint density at radius 2 is 1.45 bits per heavy atom. The van der Waals surface area contributed by atoms with Crippen LogP contribution in [0.25, 0.3) is 0 Å². The van der Waals surface area contributed by atoms with Crippen molar-refractivity contribution in [2.24, 2.45) is 0 Å². The molecule has 31 heavy (non-hydrogen) atoms. The van der Waals surface area contributed by atoms with Crippen LogP contribution < -0.4 is 4.90 Å². The molecule has 0 saturated carbocycles. The summed E-state index contributed by atoms with van der Waals surface area (Å²) in [4.78, 5) is 4.77. The van der Waals surface area contributed by atoms with E-state index in [1.54, 1.807) is 6.07 Å². The van der Waals surface area contributed by atoms with E-state index in [9.17, 15) is 0 Å². The third-order valence-corrected chi connectivity index (χ3v) is 6.16. The van der Waals surface area contributed by atoms with Crippen molar-refractivity contribution in [2.45, 2.75) is 13.0 Å². The van der Waals surface area contributed by atoms with Crippen LogP contribution >= 0.6 is 34.8 Å². The summed E-state index contributed by atoms with van der Waals surface area (Å²) >= 11 is 17.8. The molecule has 1 heterocycles. The van der Waals surface area contributed by atoms with Gasteiger partial charge in [0.05, 0.1) is 22.3 Å². The monoisotopic (exact) mass is 471 g/mol. The van der Waals surface area contributed by atoms with E-state index in [0.717, 1.165) is 36.9 Å². The maximum atomic E-state index is 8.91. The van der Waals surface area contributed by atoms with Crippen LogP contribution in [0.1, 0.15) is 24.1 Å². The normalized spacial score (nSPS) is 14.9. The molecule has 3 aromatic rings. The van der Waals surface area contributed by atoms with Crippen molar-refractivity contribution in [1.82, 2.24) is 4.90 Å². The summed E-state index contributed by atoms with van der Waals surface area (Å²) < 4.78 is 0. The highest BCUT2D eigenvalue weighted by atomic mass is 35.5. The van der Waals surface area contributed by atoms with Gasteiger partial charge >= 0.3 is 0 Å². The predicted molar refractivity (Wildman–Crippen MR) is 131 cm³/mol. The van der Waals surface area contributed by atoms with Gasteiger partial charge in [-0.15, -0.1) is 0 Å². The first-order valence-corrected chi connectivity index (χ1v) is 11.3. The fourth-order valence-corrected chi connectivity index (χ4v) is 4.22. The second kappa shape index (κ2) is 11.4. The summed E-state index contributed by atoms with van der Waals surface area (Å²) in [6.45, 7) is 6.02. The van der Waals surface area contributed by atoms with Crippen LogP contribution in [-0.4, -0.2) is 31.1 Å². The number of nitriles is 1. The van der Waals surface area contributed by atoms with E-state index in [0.29, 0.717) is 21.7 Å². The zero-order chi connectivity index (χ0) is 22.2. The topological polar surface area (TPSA) is 30.3 Å². The largest absolute Gasteiger partial charge is 0.368 e. The molecule has 0 N–H and O–H groups in total. The molecule has 1 saturated heterocycles. The van der Waals surface area contributed by atoms with Crippen LogP contribution in [0.2, 0.25) is 15.1 Å². The van der Waals surface area contributed by atoms with Gasteiger partial charge in [-0.1, -0.05) is 65.1 Å². The Kier molecular flexibility index (Phi) is 8.63. The average Bonchev–Trinajstić information content (AvgIpc) is 2.80. The highest BCUT2D eigenvalue weighted by Crippen LogP contribution is 2.30. The van der Waals surface area contributed by atoms with E-state index in [1.165, 1.54) is 5.56 Å². The van der Waals surface area contributed by atoms with Gasteiger partial charge in [-0.25, -0.2) is 0 Å². The zero-order valence-electron chi connectivity index (χ0n) is 17.3. The second-order valence-corrected chi connectivity index (χ2v) is 8.60. The lowest BCUT2D eigenvalue weighted by Gasteiger charge is -2.39. The Morgan fingerprint density at radius 1 is 0.806 bits per heavy atom. The fraction of sp³-hybridized carbons (Fsp3) is 0.240. The molecule has 1 aliphatic rings. The molecular weight excluding hydrogens is 449 g/mol. The molecule has 4 rings (SSSR count). The van der Waals surface area contributed by atoms with Crippen molar-refractivity contribution in [1.29, 1.82) is 5.26 Å². The van der Waals surface area contributed by atoms with Crippen LogP contribution in [-0.2, 0) is 0 Å². The molecule has 0 radical (unpaired) electrons. The first kappa shape index (κ1) is 23.4. The fourth-order valence-electron chi connectivity index (χ4n) is 3.55. The quantitative estimate of drug-likeness (QED) is 0.407. The van der Waals surface area contributed by atoms with Crippen LogP contribution in [0.15, 0.2) is 72.8 Å². The summed E-state index contributed by atoms with van der Waals surface area (Å²) in [5.41, 5.74) is 2.99. The van der Waals surface area contributed by atoms with E-state index in [1.807, 2.05) is 66.7 Å². The summed E-state index contributed by atoms with van der Waals surface area (Å²) in [5.74, 6) is 0. The Bertz CT molecular complexity index is 1010. The van der Waals surface area contributed by atoms with E-state index in [2.05, 4.69) is 22.8 Å². The third kappa shape index (κ3) is 6.63. The molecule has 160 valence electrons. The lowest BCUT2D eigenvalue weighted by molar-refractivity contribution is 0.198. The summed E-state index contributed by atoms with van der Waals surface area (Å²) in [5, 5.41) is 11.1. The van der Waals surface area contributed by atoms with Crippen molar-refractivity contribution in [3.63, 3.8) is 0 Å². The molecule has 0 bridgehead atoms. The molecule has 1 unspecified atom stereocenters. The number of hydrogen-bond acceptors (Lipinski definition) is 3. The lowest BCUT2D eigenvalue weighted by Crippen LogP contribution is -2.47. The molecule has 3 nitrogen and oxygen atoms in total. The van der Waals surface area contributed by atoms with Gasteiger partial charge < -0.3 is 4.90 Å². The molecule has 6 heteroatoms. The van der Waals surface area contributed by atoms with Gasteiger partial charge in [0, 0.05) is 42.3 Å². The van der Waals surface area contributed by atoms with Gasteiger partial charge in [0.25, 0.3) is 0 Å². The molecule has 1 atom stereocenters. The van der Waals surface area contributed by atoms with E-state index < -0.39 is 0 Å². The highest BCUT2D eigenvalue weighted by Gasteiger charge is 2.23. The minimum atomic E-state index is 0.334. The Morgan fingerprint density at radius 3 is 1.97 bits per heavy atom. The van der Waals surface area contributed by atoms with E-state index in [-0.39, 0.29) is 0 Å². The molecule has 0 spiro atoms. The van der Waals surface area contributed by atoms with Gasteiger partial charge in [-0.3, -0.25) is 4.90 Å². The van der Waals surface area contributed by atoms with Gasteiger partial charge in [-0.2, -0.15) is 5.26 Å². The Balaban J connectivity index is 0.000000330. The number of benzene rings is 3. The molecule has 0 aliphatic carbocycles. The van der Waals surface area contributed by atoms with Crippen molar-refractivity contribution in [3.8, 4) is 6.07 Å². The molecule has 1 fully saturated rings. The number of halogens is 3. The van der Waals surface area contributed by atoms with Crippen LogP contribution in [0.5, 0.6) is 0 Å². The van der Waals surface area contributed by atoms with E-state index in [4.69, 9.17) is 40.1 Å². The summed E-state index contributed by atoms with van der Waals surface area (Å²) in [6.07, 6.45) is 0. The van der Waals surface area contributed by atoms with Crippen LogP contribution in [0.3, 0.4) is 0 Å². The smallest absolute Gasteiger partial charge is 0.0991 e. The van der Waals surface area contributed by atoms with Crippen molar-refractivity contribution >= 4 is 40.5 Å². The number of hydrogen-bond donors (Lipinski definition) is 0.